The van der Waals surface area contributed by atoms with E-state index in [0.29, 0.717) is 22.2 Å². The second-order valence-electron chi connectivity index (χ2n) is 7.50. The summed E-state index contributed by atoms with van der Waals surface area (Å²) in [6.07, 6.45) is 1.57. The first-order valence-electron chi connectivity index (χ1n) is 10.2. The van der Waals surface area contributed by atoms with Gasteiger partial charge in [0, 0.05) is 30.2 Å². The molecule has 4 rings (SSSR count). The number of benzene rings is 1. The number of anilines is 1. The Balaban J connectivity index is 1.37. The SMILES string of the molecule is Cc1noc(C)c1CSc1ncccc1C(=O)OCC(=O)Nc1ccc2c(c1)C(=O)N(C)C2=O. The quantitative estimate of drug-likeness (QED) is 0.308. The molecule has 0 unspecified atom stereocenters. The Morgan fingerprint density at radius 1 is 1.15 bits per heavy atom. The summed E-state index contributed by atoms with van der Waals surface area (Å²) in [4.78, 5) is 54.3. The largest absolute Gasteiger partial charge is 0.452 e. The van der Waals surface area contributed by atoms with E-state index in [2.05, 4.69) is 15.5 Å². The van der Waals surface area contributed by atoms with E-state index < -0.39 is 30.3 Å². The van der Waals surface area contributed by atoms with Crippen LogP contribution >= 0.6 is 11.8 Å². The van der Waals surface area contributed by atoms with Gasteiger partial charge in [-0.1, -0.05) is 5.16 Å². The summed E-state index contributed by atoms with van der Waals surface area (Å²) in [7, 11) is 1.39. The molecule has 34 heavy (non-hydrogen) atoms. The number of fused-ring (bicyclic) bond motifs is 1. The number of pyridine rings is 1. The first-order chi connectivity index (χ1) is 16.3. The molecular weight excluding hydrogens is 460 g/mol. The van der Waals surface area contributed by atoms with Crippen molar-refractivity contribution in [3.8, 4) is 0 Å². The number of imide groups is 1. The van der Waals surface area contributed by atoms with Gasteiger partial charge in [0.15, 0.2) is 6.61 Å². The van der Waals surface area contributed by atoms with Gasteiger partial charge in [-0.15, -0.1) is 11.8 Å². The molecule has 0 spiro atoms. The zero-order valence-corrected chi connectivity index (χ0v) is 19.4. The van der Waals surface area contributed by atoms with Crippen LogP contribution in [0.1, 0.15) is 48.1 Å². The Kier molecular flexibility index (Phi) is 6.46. The molecule has 0 fully saturated rings. The zero-order valence-electron chi connectivity index (χ0n) is 18.6. The Hall–Kier alpha value is -3.99. The number of carbonyl (C=O) groups is 4. The van der Waals surface area contributed by atoms with Gasteiger partial charge in [-0.3, -0.25) is 19.3 Å². The second kappa shape index (κ2) is 9.48. The van der Waals surface area contributed by atoms with Crippen molar-refractivity contribution in [1.82, 2.24) is 15.0 Å². The van der Waals surface area contributed by atoms with E-state index in [1.807, 2.05) is 13.8 Å². The van der Waals surface area contributed by atoms with Gasteiger partial charge in [0.25, 0.3) is 17.7 Å². The molecule has 2 aromatic heterocycles. The number of hydrogen-bond donors (Lipinski definition) is 1. The van der Waals surface area contributed by atoms with Gasteiger partial charge in [0.2, 0.25) is 0 Å². The summed E-state index contributed by atoms with van der Waals surface area (Å²) in [5.41, 5.74) is 2.72. The van der Waals surface area contributed by atoms with Crippen LogP contribution in [0.15, 0.2) is 46.1 Å². The van der Waals surface area contributed by atoms with E-state index in [4.69, 9.17) is 9.26 Å². The number of nitrogens with one attached hydrogen (secondary N) is 1. The lowest BCUT2D eigenvalue weighted by atomic mass is 10.1. The standard InChI is InChI=1S/C23H20N4O6S/c1-12-18(13(2)33-26-12)11-34-20-16(5-4-8-24-20)23(31)32-10-19(28)25-14-6-7-15-17(9-14)22(30)27(3)21(15)29/h4-9H,10-11H2,1-3H3,(H,25,28). The van der Waals surface area contributed by atoms with Crippen molar-refractivity contribution in [2.45, 2.75) is 24.6 Å². The molecule has 0 saturated carbocycles. The molecule has 3 amide bonds. The van der Waals surface area contributed by atoms with Gasteiger partial charge < -0.3 is 14.6 Å². The van der Waals surface area contributed by atoms with Crippen molar-refractivity contribution in [3.63, 3.8) is 0 Å². The molecule has 1 aromatic carbocycles. The van der Waals surface area contributed by atoms with E-state index in [9.17, 15) is 19.2 Å². The molecule has 10 nitrogen and oxygen atoms in total. The van der Waals surface area contributed by atoms with Crippen LogP contribution in [0.2, 0.25) is 0 Å². The molecule has 0 radical (unpaired) electrons. The minimum atomic E-state index is -0.694. The maximum absolute atomic E-state index is 12.6. The van der Waals surface area contributed by atoms with Crippen molar-refractivity contribution < 1.29 is 28.4 Å². The Labute approximate surface area is 198 Å². The van der Waals surface area contributed by atoms with Crippen molar-refractivity contribution in [2.75, 3.05) is 19.0 Å². The average Bonchev–Trinajstić information content (AvgIpc) is 3.26. The van der Waals surface area contributed by atoms with Gasteiger partial charge in [-0.05, 0) is 44.2 Å². The molecule has 0 bridgehead atoms. The summed E-state index contributed by atoms with van der Waals surface area (Å²) < 4.78 is 10.3. The highest BCUT2D eigenvalue weighted by Gasteiger charge is 2.32. The molecule has 3 aromatic rings. The highest BCUT2D eigenvalue weighted by Crippen LogP contribution is 2.28. The van der Waals surface area contributed by atoms with E-state index in [0.717, 1.165) is 16.2 Å². The number of rotatable bonds is 7. The van der Waals surface area contributed by atoms with Gasteiger partial charge in [-0.25, -0.2) is 9.78 Å². The van der Waals surface area contributed by atoms with E-state index in [1.165, 1.54) is 37.0 Å². The third kappa shape index (κ3) is 4.55. The maximum Gasteiger partial charge on any atom is 0.341 e. The average molecular weight is 481 g/mol. The lowest BCUT2D eigenvalue weighted by Crippen LogP contribution is -2.24. The number of ether oxygens (including phenoxy) is 1. The number of carbonyl (C=O) groups excluding carboxylic acids is 4. The van der Waals surface area contributed by atoms with Crippen molar-refractivity contribution >= 4 is 41.1 Å². The summed E-state index contributed by atoms with van der Waals surface area (Å²) >= 11 is 1.33. The fourth-order valence-corrected chi connectivity index (χ4v) is 4.49. The third-order valence-electron chi connectivity index (χ3n) is 5.23. The van der Waals surface area contributed by atoms with Gasteiger partial charge in [-0.2, -0.15) is 0 Å². The summed E-state index contributed by atoms with van der Waals surface area (Å²) in [5, 5.41) is 6.94. The van der Waals surface area contributed by atoms with E-state index >= 15 is 0 Å². The van der Waals surface area contributed by atoms with Gasteiger partial charge in [0.1, 0.15) is 10.8 Å². The predicted octanol–water partition coefficient (Wildman–Crippen LogP) is 3.00. The number of amides is 3. The summed E-state index contributed by atoms with van der Waals surface area (Å²) in [6, 6.07) is 7.58. The monoisotopic (exact) mass is 480 g/mol. The molecule has 0 aliphatic carbocycles. The summed E-state index contributed by atoms with van der Waals surface area (Å²) in [5.74, 6) is -0.917. The predicted molar refractivity (Wildman–Crippen MR) is 122 cm³/mol. The number of aromatic nitrogens is 2. The normalized spacial score (nSPS) is 12.6. The van der Waals surface area contributed by atoms with Crippen LogP contribution in [0.5, 0.6) is 0 Å². The smallest absolute Gasteiger partial charge is 0.341 e. The molecule has 1 N–H and O–H groups in total. The number of esters is 1. The maximum atomic E-state index is 12.6. The molecule has 174 valence electrons. The van der Waals surface area contributed by atoms with Crippen molar-refractivity contribution in [3.05, 3.63) is 70.2 Å². The van der Waals surface area contributed by atoms with Crippen LogP contribution in [0.3, 0.4) is 0 Å². The zero-order chi connectivity index (χ0) is 24.4. The number of thioether (sulfide) groups is 1. The van der Waals surface area contributed by atoms with Crippen LogP contribution in [0.4, 0.5) is 5.69 Å². The minimum Gasteiger partial charge on any atom is -0.452 e. The second-order valence-corrected chi connectivity index (χ2v) is 8.47. The van der Waals surface area contributed by atoms with E-state index in [-0.39, 0.29) is 16.7 Å². The molecule has 1 aliphatic heterocycles. The first kappa shape index (κ1) is 23.2. The van der Waals surface area contributed by atoms with E-state index in [1.54, 1.807) is 18.3 Å². The van der Waals surface area contributed by atoms with Gasteiger partial charge >= 0.3 is 5.97 Å². The number of hydrogen-bond acceptors (Lipinski definition) is 9. The highest BCUT2D eigenvalue weighted by molar-refractivity contribution is 7.98. The van der Waals surface area contributed by atoms with Crippen molar-refractivity contribution in [1.29, 1.82) is 0 Å². The Bertz CT molecular complexity index is 1300. The van der Waals surface area contributed by atoms with Crippen LogP contribution in [0.25, 0.3) is 0 Å². The Morgan fingerprint density at radius 2 is 1.91 bits per heavy atom. The molecule has 0 saturated heterocycles. The summed E-state index contributed by atoms with van der Waals surface area (Å²) in [6.45, 7) is 3.12. The van der Waals surface area contributed by atoms with Crippen LogP contribution in [-0.4, -0.2) is 52.4 Å². The molecule has 3 heterocycles. The topological polar surface area (TPSA) is 132 Å². The van der Waals surface area contributed by atoms with Crippen LogP contribution in [-0.2, 0) is 15.3 Å². The molecule has 0 atom stereocenters. The number of nitrogens with zero attached hydrogens (tertiary/aromatic N) is 3. The van der Waals surface area contributed by atoms with Crippen molar-refractivity contribution in [2.24, 2.45) is 0 Å². The fourth-order valence-electron chi connectivity index (χ4n) is 3.35. The minimum absolute atomic E-state index is 0.206. The third-order valence-corrected chi connectivity index (χ3v) is 6.27. The lowest BCUT2D eigenvalue weighted by Gasteiger charge is -2.09. The van der Waals surface area contributed by atoms with Gasteiger partial charge in [0.05, 0.1) is 22.4 Å². The Morgan fingerprint density at radius 3 is 2.65 bits per heavy atom. The molecular formula is C23H20N4O6S. The van der Waals surface area contributed by atoms with Crippen LogP contribution < -0.4 is 5.32 Å². The number of aryl methyl sites for hydroxylation is 2. The van der Waals surface area contributed by atoms with Crippen LogP contribution in [0, 0.1) is 13.8 Å². The molecule has 1 aliphatic rings. The highest BCUT2D eigenvalue weighted by atomic mass is 32.2. The fraction of sp³-hybridized carbons (Fsp3) is 0.217. The lowest BCUT2D eigenvalue weighted by molar-refractivity contribution is -0.119. The molecule has 11 heteroatoms. The first-order valence-corrected chi connectivity index (χ1v) is 11.2.